The van der Waals surface area contributed by atoms with Gasteiger partial charge in [0.15, 0.2) is 0 Å². The Morgan fingerprint density at radius 2 is 1.95 bits per heavy atom. The maximum atomic E-state index is 12.0. The number of sulfonamides is 1. The summed E-state index contributed by atoms with van der Waals surface area (Å²) in [5, 5.41) is 9.95. The van der Waals surface area contributed by atoms with Crippen LogP contribution in [0.1, 0.15) is 31.2 Å². The molecule has 1 aliphatic carbocycles. The summed E-state index contributed by atoms with van der Waals surface area (Å²) < 4.78 is 26.5. The standard InChI is InChI=1S/C14H17NO4S/c16-13(17)11-14(8-4-9-14)15-20(18,19)10-7-12-5-2-1-3-6-12/h1-3,5-7,10,15H,4,8-9,11H2,(H,16,17). The molecule has 1 aromatic carbocycles. The molecule has 0 radical (unpaired) electrons. The molecule has 20 heavy (non-hydrogen) atoms. The number of nitrogens with one attached hydrogen (secondary N) is 1. The summed E-state index contributed by atoms with van der Waals surface area (Å²) >= 11 is 0. The van der Waals surface area contributed by atoms with E-state index in [1.54, 1.807) is 12.1 Å². The highest BCUT2D eigenvalue weighted by atomic mass is 32.2. The molecule has 108 valence electrons. The summed E-state index contributed by atoms with van der Waals surface area (Å²) in [6, 6.07) is 9.07. The molecule has 0 atom stereocenters. The van der Waals surface area contributed by atoms with Gasteiger partial charge in [0, 0.05) is 10.9 Å². The second-order valence-corrected chi connectivity index (χ2v) is 6.63. The summed E-state index contributed by atoms with van der Waals surface area (Å²) in [7, 11) is -3.64. The highest BCUT2D eigenvalue weighted by Crippen LogP contribution is 2.35. The molecule has 6 heteroatoms. The van der Waals surface area contributed by atoms with E-state index in [9.17, 15) is 13.2 Å². The predicted octanol–water partition coefficient (Wildman–Crippen LogP) is 1.97. The van der Waals surface area contributed by atoms with Crippen LogP contribution in [-0.2, 0) is 14.8 Å². The average Bonchev–Trinajstić information content (AvgIpc) is 2.34. The van der Waals surface area contributed by atoms with E-state index in [0.717, 1.165) is 17.4 Å². The van der Waals surface area contributed by atoms with Crippen LogP contribution in [-0.4, -0.2) is 25.0 Å². The minimum Gasteiger partial charge on any atom is -0.481 e. The van der Waals surface area contributed by atoms with Crippen molar-refractivity contribution in [1.29, 1.82) is 0 Å². The molecule has 0 aromatic heterocycles. The number of hydrogen-bond donors (Lipinski definition) is 2. The molecular formula is C14H17NO4S. The highest BCUT2D eigenvalue weighted by molar-refractivity contribution is 7.92. The number of carboxylic acids is 1. The number of aliphatic carboxylic acids is 1. The molecule has 1 saturated carbocycles. The monoisotopic (exact) mass is 295 g/mol. The van der Waals surface area contributed by atoms with Crippen molar-refractivity contribution in [2.24, 2.45) is 0 Å². The van der Waals surface area contributed by atoms with Crippen LogP contribution in [0.25, 0.3) is 6.08 Å². The van der Waals surface area contributed by atoms with Crippen LogP contribution in [0.3, 0.4) is 0 Å². The Morgan fingerprint density at radius 3 is 2.45 bits per heavy atom. The molecular weight excluding hydrogens is 278 g/mol. The Balaban J connectivity index is 2.07. The molecule has 1 aliphatic rings. The second-order valence-electron chi connectivity index (χ2n) is 5.06. The third-order valence-corrected chi connectivity index (χ3v) is 4.61. The van der Waals surface area contributed by atoms with E-state index in [-0.39, 0.29) is 6.42 Å². The number of carbonyl (C=O) groups is 1. The predicted molar refractivity (Wildman–Crippen MR) is 76.4 cm³/mol. The van der Waals surface area contributed by atoms with Crippen LogP contribution in [0.5, 0.6) is 0 Å². The summed E-state index contributed by atoms with van der Waals surface area (Å²) in [5.74, 6) is -0.987. The van der Waals surface area contributed by atoms with Crippen molar-refractivity contribution in [1.82, 2.24) is 4.72 Å². The van der Waals surface area contributed by atoms with Crippen LogP contribution in [0.15, 0.2) is 35.7 Å². The Labute approximate surface area is 118 Å². The minimum absolute atomic E-state index is 0.175. The fraction of sp³-hybridized carbons (Fsp3) is 0.357. The van der Waals surface area contributed by atoms with Gasteiger partial charge in [0.05, 0.1) is 6.42 Å². The third-order valence-electron chi connectivity index (χ3n) is 3.40. The summed E-state index contributed by atoms with van der Waals surface area (Å²) in [4.78, 5) is 10.8. The fourth-order valence-electron chi connectivity index (χ4n) is 2.28. The molecule has 0 bridgehead atoms. The van der Waals surface area contributed by atoms with Crippen molar-refractivity contribution >= 4 is 22.1 Å². The lowest BCUT2D eigenvalue weighted by molar-refractivity contribution is -0.139. The molecule has 1 aromatic rings. The average molecular weight is 295 g/mol. The van der Waals surface area contributed by atoms with Crippen LogP contribution in [0.2, 0.25) is 0 Å². The largest absolute Gasteiger partial charge is 0.481 e. The van der Waals surface area contributed by atoms with Gasteiger partial charge in [-0.05, 0) is 30.9 Å². The third kappa shape index (κ3) is 3.91. The number of benzene rings is 1. The van der Waals surface area contributed by atoms with Crippen molar-refractivity contribution in [2.75, 3.05) is 0 Å². The molecule has 2 rings (SSSR count). The number of hydrogen-bond acceptors (Lipinski definition) is 3. The van der Waals surface area contributed by atoms with Crippen molar-refractivity contribution in [3.8, 4) is 0 Å². The minimum atomic E-state index is -3.64. The van der Waals surface area contributed by atoms with Gasteiger partial charge in [0.2, 0.25) is 10.0 Å². The van der Waals surface area contributed by atoms with Gasteiger partial charge < -0.3 is 5.11 Å². The Kier molecular flexibility index (Phi) is 4.25. The molecule has 0 heterocycles. The summed E-state index contributed by atoms with van der Waals surface area (Å²) in [6.07, 6.45) is 3.30. The van der Waals surface area contributed by atoms with Crippen molar-refractivity contribution in [3.63, 3.8) is 0 Å². The zero-order valence-electron chi connectivity index (χ0n) is 11.0. The van der Waals surface area contributed by atoms with Gasteiger partial charge in [-0.2, -0.15) is 0 Å². The molecule has 5 nitrogen and oxygen atoms in total. The summed E-state index contributed by atoms with van der Waals surface area (Å²) in [6.45, 7) is 0. The Morgan fingerprint density at radius 1 is 1.30 bits per heavy atom. The molecule has 2 N–H and O–H groups in total. The van der Waals surface area contributed by atoms with Gasteiger partial charge in [-0.15, -0.1) is 0 Å². The van der Waals surface area contributed by atoms with Crippen molar-refractivity contribution in [3.05, 3.63) is 41.3 Å². The van der Waals surface area contributed by atoms with Crippen LogP contribution in [0, 0.1) is 0 Å². The molecule has 0 spiro atoms. The van der Waals surface area contributed by atoms with E-state index in [0.29, 0.717) is 12.8 Å². The van der Waals surface area contributed by atoms with Gasteiger partial charge >= 0.3 is 5.97 Å². The Hall–Kier alpha value is -1.66. The van der Waals surface area contributed by atoms with E-state index in [4.69, 9.17) is 5.11 Å². The lowest BCUT2D eigenvalue weighted by Gasteiger charge is -2.40. The topological polar surface area (TPSA) is 83.5 Å². The first-order valence-electron chi connectivity index (χ1n) is 6.40. The van der Waals surface area contributed by atoms with Crippen LogP contribution >= 0.6 is 0 Å². The van der Waals surface area contributed by atoms with E-state index >= 15 is 0 Å². The molecule has 0 unspecified atom stereocenters. The fourth-order valence-corrected chi connectivity index (χ4v) is 3.56. The number of carboxylic acid groups (broad SMARTS) is 1. The lowest BCUT2D eigenvalue weighted by atomic mass is 9.75. The van der Waals surface area contributed by atoms with E-state index in [1.165, 1.54) is 6.08 Å². The maximum absolute atomic E-state index is 12.0. The van der Waals surface area contributed by atoms with Gasteiger partial charge in [-0.3, -0.25) is 4.79 Å². The van der Waals surface area contributed by atoms with Crippen LogP contribution < -0.4 is 4.72 Å². The SMILES string of the molecule is O=C(O)CC1(NS(=O)(=O)C=Cc2ccccc2)CCC1. The van der Waals surface area contributed by atoms with E-state index in [1.807, 2.05) is 18.2 Å². The van der Waals surface area contributed by atoms with E-state index in [2.05, 4.69) is 4.72 Å². The summed E-state index contributed by atoms with van der Waals surface area (Å²) in [5.41, 5.74) is -0.0372. The molecule has 0 saturated heterocycles. The normalized spacial score (nSPS) is 17.8. The van der Waals surface area contributed by atoms with Gasteiger partial charge in [0.25, 0.3) is 0 Å². The quantitative estimate of drug-likeness (QED) is 0.840. The van der Waals surface area contributed by atoms with Crippen molar-refractivity contribution < 1.29 is 18.3 Å². The highest BCUT2D eigenvalue weighted by Gasteiger charge is 2.41. The molecule has 1 fully saturated rings. The maximum Gasteiger partial charge on any atom is 0.305 e. The van der Waals surface area contributed by atoms with E-state index < -0.39 is 21.5 Å². The smallest absolute Gasteiger partial charge is 0.305 e. The second kappa shape index (κ2) is 5.76. The first-order chi connectivity index (χ1) is 9.41. The van der Waals surface area contributed by atoms with Gasteiger partial charge in [0.1, 0.15) is 0 Å². The molecule has 0 aliphatic heterocycles. The Bertz CT molecular complexity index is 603. The van der Waals surface area contributed by atoms with Crippen molar-refractivity contribution in [2.45, 2.75) is 31.2 Å². The lowest BCUT2D eigenvalue weighted by Crippen LogP contribution is -2.54. The van der Waals surface area contributed by atoms with Gasteiger partial charge in [-0.1, -0.05) is 30.3 Å². The molecule has 0 amide bonds. The zero-order chi connectivity index (χ0) is 14.6. The zero-order valence-corrected chi connectivity index (χ0v) is 11.8. The first kappa shape index (κ1) is 14.7. The first-order valence-corrected chi connectivity index (χ1v) is 7.94. The van der Waals surface area contributed by atoms with Gasteiger partial charge in [-0.25, -0.2) is 13.1 Å². The number of rotatable bonds is 6. The van der Waals surface area contributed by atoms with Crippen LogP contribution in [0.4, 0.5) is 0 Å².